The van der Waals surface area contributed by atoms with Crippen molar-refractivity contribution in [3.63, 3.8) is 0 Å². The van der Waals surface area contributed by atoms with Crippen LogP contribution in [0.3, 0.4) is 0 Å². The van der Waals surface area contributed by atoms with Crippen molar-refractivity contribution in [3.05, 3.63) is 47.7 Å². The van der Waals surface area contributed by atoms with Crippen LogP contribution in [0.1, 0.15) is 37.7 Å². The van der Waals surface area contributed by atoms with Crippen molar-refractivity contribution in [1.82, 2.24) is 24.8 Å². The molecule has 2 unspecified atom stereocenters. The molecule has 4 aromatic rings. The summed E-state index contributed by atoms with van der Waals surface area (Å²) in [6.07, 6.45) is 10.6. The van der Waals surface area contributed by atoms with Gasteiger partial charge in [0.1, 0.15) is 41.4 Å². The fourth-order valence-electron chi connectivity index (χ4n) is 9.02. The summed E-state index contributed by atoms with van der Waals surface area (Å²) >= 11 is 0. The maximum atomic E-state index is 16.9. The van der Waals surface area contributed by atoms with E-state index in [0.717, 1.165) is 45.4 Å². The average Bonchev–Trinajstić information content (AvgIpc) is 3.65. The number of alkyl halides is 1. The van der Waals surface area contributed by atoms with Crippen molar-refractivity contribution >= 4 is 27.5 Å². The van der Waals surface area contributed by atoms with Gasteiger partial charge in [0.15, 0.2) is 5.82 Å². The van der Waals surface area contributed by atoms with Crippen LogP contribution >= 0.6 is 0 Å². The lowest BCUT2D eigenvalue weighted by atomic mass is 9.95. The number of aromatic hydroxyl groups is 1. The number of hydrogen-bond donors (Lipinski definition) is 1. The Kier molecular flexibility index (Phi) is 6.97. The predicted octanol–water partition coefficient (Wildman–Crippen LogP) is 4.82. The molecule has 4 atom stereocenters. The molecule has 5 saturated heterocycles. The highest BCUT2D eigenvalue weighted by Gasteiger charge is 2.50. The molecular weight excluding hydrogens is 621 g/mol. The van der Waals surface area contributed by atoms with Crippen molar-refractivity contribution in [2.24, 2.45) is 0 Å². The van der Waals surface area contributed by atoms with Crippen LogP contribution in [0.2, 0.25) is 0 Å². The topological polar surface area (TPSA) is 87.1 Å². The second kappa shape index (κ2) is 11.2. The molecular formula is C36H35F3N6O3. The number of phenols is 1. The van der Waals surface area contributed by atoms with Gasteiger partial charge in [-0.3, -0.25) is 14.8 Å². The highest BCUT2D eigenvalue weighted by molar-refractivity contribution is 6.03. The third-order valence-corrected chi connectivity index (χ3v) is 11.2. The van der Waals surface area contributed by atoms with Gasteiger partial charge in [-0.25, -0.2) is 13.2 Å². The summed E-state index contributed by atoms with van der Waals surface area (Å²) in [5, 5.41) is 11.7. The molecule has 2 aromatic carbocycles. The Bertz CT molecular complexity index is 1990. The molecule has 0 radical (unpaired) electrons. The molecule has 5 aliphatic heterocycles. The number of anilines is 1. The standard InChI is InChI=1S/C36H35F3N6O3/c1-2-26-29(38)7-4-20-10-25(46)11-27(30(20)26)32-31(39)33-28(13-40-32)34(43-15-22-5-6-23(16-43)45(22)24-17-47-18-24)42-35(41-33)48-19-36-8-3-9-44(36)14-21(37)12-36/h1,4,7,10-11,13,21-24,46H,3,5-6,8-9,12,14-19H2/t21-,22?,23?,36+/m1/s1. The Balaban J connectivity index is 1.17. The summed E-state index contributed by atoms with van der Waals surface area (Å²) in [6, 6.07) is 6.54. The van der Waals surface area contributed by atoms with Crippen LogP contribution in [-0.4, -0.2) is 106 Å². The summed E-state index contributed by atoms with van der Waals surface area (Å²) in [5.74, 6) is 1.37. The number of rotatable bonds is 6. The zero-order valence-corrected chi connectivity index (χ0v) is 26.3. The Morgan fingerprint density at radius 1 is 1.08 bits per heavy atom. The van der Waals surface area contributed by atoms with Gasteiger partial charge in [-0.15, -0.1) is 6.42 Å². The summed E-state index contributed by atoms with van der Waals surface area (Å²) in [5.41, 5.74) is -0.481. The summed E-state index contributed by atoms with van der Waals surface area (Å²) in [7, 11) is 0. The minimum Gasteiger partial charge on any atom is -0.508 e. The molecule has 12 heteroatoms. The van der Waals surface area contributed by atoms with E-state index in [9.17, 15) is 13.9 Å². The number of nitrogens with zero attached hydrogens (tertiary/aromatic N) is 6. The Labute approximate surface area is 275 Å². The molecule has 5 aliphatic rings. The molecule has 5 fully saturated rings. The number of benzene rings is 2. The van der Waals surface area contributed by atoms with E-state index in [1.54, 1.807) is 0 Å². The predicted molar refractivity (Wildman–Crippen MR) is 174 cm³/mol. The monoisotopic (exact) mass is 656 g/mol. The van der Waals surface area contributed by atoms with Crippen LogP contribution < -0.4 is 9.64 Å². The van der Waals surface area contributed by atoms with Gasteiger partial charge in [0, 0.05) is 55.3 Å². The number of pyridine rings is 1. The van der Waals surface area contributed by atoms with Crippen LogP contribution in [0.4, 0.5) is 19.0 Å². The quantitative estimate of drug-likeness (QED) is 0.294. The molecule has 2 aromatic heterocycles. The number of fused-ring (bicyclic) bond motifs is 5. The van der Waals surface area contributed by atoms with E-state index in [4.69, 9.17) is 20.9 Å². The highest BCUT2D eigenvalue weighted by Crippen LogP contribution is 2.43. The lowest BCUT2D eigenvalue weighted by molar-refractivity contribution is -0.0850. The normalized spacial score (nSPS) is 27.5. The highest BCUT2D eigenvalue weighted by atomic mass is 19.1. The molecule has 0 saturated carbocycles. The first-order chi connectivity index (χ1) is 23.3. The van der Waals surface area contributed by atoms with Crippen molar-refractivity contribution in [2.75, 3.05) is 50.9 Å². The van der Waals surface area contributed by atoms with E-state index in [1.807, 2.05) is 0 Å². The maximum Gasteiger partial charge on any atom is 0.319 e. The molecule has 1 N–H and O–H groups in total. The van der Waals surface area contributed by atoms with E-state index < -0.39 is 23.3 Å². The van der Waals surface area contributed by atoms with E-state index in [1.165, 1.54) is 30.5 Å². The van der Waals surface area contributed by atoms with Gasteiger partial charge in [0.05, 0.1) is 35.7 Å². The van der Waals surface area contributed by atoms with Crippen molar-refractivity contribution in [2.45, 2.75) is 61.9 Å². The number of terminal acetylenes is 1. The molecule has 0 aliphatic carbocycles. The number of aromatic nitrogens is 3. The van der Waals surface area contributed by atoms with Crippen molar-refractivity contribution < 1.29 is 27.8 Å². The minimum atomic E-state index is -0.921. The number of phenolic OH excluding ortho intramolecular Hbond substituents is 1. The van der Waals surface area contributed by atoms with Crippen LogP contribution in [0.15, 0.2) is 30.5 Å². The third kappa shape index (κ3) is 4.62. The molecule has 0 spiro atoms. The molecule has 7 heterocycles. The average molecular weight is 657 g/mol. The van der Waals surface area contributed by atoms with Gasteiger partial charge < -0.3 is 19.5 Å². The Morgan fingerprint density at radius 2 is 1.90 bits per heavy atom. The summed E-state index contributed by atoms with van der Waals surface area (Å²) in [4.78, 5) is 20.9. The first-order valence-electron chi connectivity index (χ1n) is 16.7. The van der Waals surface area contributed by atoms with Gasteiger partial charge in [-0.1, -0.05) is 12.0 Å². The minimum absolute atomic E-state index is 0.00658. The largest absolute Gasteiger partial charge is 0.508 e. The van der Waals surface area contributed by atoms with E-state index in [0.29, 0.717) is 60.8 Å². The fraction of sp³-hybridized carbons (Fsp3) is 0.472. The van der Waals surface area contributed by atoms with Gasteiger partial charge >= 0.3 is 6.01 Å². The second-order valence-corrected chi connectivity index (χ2v) is 14.0. The van der Waals surface area contributed by atoms with E-state index in [-0.39, 0.29) is 46.1 Å². The number of hydrogen-bond acceptors (Lipinski definition) is 9. The van der Waals surface area contributed by atoms with Gasteiger partial charge in [0.25, 0.3) is 0 Å². The second-order valence-electron chi connectivity index (χ2n) is 14.0. The van der Waals surface area contributed by atoms with Crippen molar-refractivity contribution in [1.29, 1.82) is 0 Å². The van der Waals surface area contributed by atoms with E-state index >= 15 is 4.39 Å². The first kappa shape index (κ1) is 29.9. The maximum absolute atomic E-state index is 16.9. The number of piperazine rings is 1. The fourth-order valence-corrected chi connectivity index (χ4v) is 9.02. The lowest BCUT2D eigenvalue weighted by Gasteiger charge is -2.48. The SMILES string of the molecule is C#Cc1c(F)ccc2cc(O)cc(-c3ncc4c(N5CC6CCC(C5)N6C5COC5)nc(OC[C@@]56CCCN5C[C@H](F)C6)nc4c3F)c12. The molecule has 9 nitrogen and oxygen atoms in total. The van der Waals surface area contributed by atoms with Crippen LogP contribution in [0.5, 0.6) is 11.8 Å². The molecule has 48 heavy (non-hydrogen) atoms. The van der Waals surface area contributed by atoms with Gasteiger partial charge in [0.2, 0.25) is 0 Å². The summed E-state index contributed by atoms with van der Waals surface area (Å²) < 4.78 is 58.2. The lowest BCUT2D eigenvalue weighted by Crippen LogP contribution is -2.62. The molecule has 248 valence electrons. The first-order valence-corrected chi connectivity index (χ1v) is 16.7. The van der Waals surface area contributed by atoms with Gasteiger partial charge in [-0.05, 0) is 55.8 Å². The smallest absolute Gasteiger partial charge is 0.319 e. The molecule has 2 bridgehead atoms. The van der Waals surface area contributed by atoms with E-state index in [2.05, 4.69) is 30.6 Å². The number of ether oxygens (including phenoxy) is 2. The van der Waals surface area contributed by atoms with Crippen LogP contribution in [-0.2, 0) is 4.74 Å². The Hall–Kier alpha value is -4.18. The molecule has 9 rings (SSSR count). The van der Waals surface area contributed by atoms with Crippen LogP contribution in [0, 0.1) is 24.0 Å². The summed E-state index contributed by atoms with van der Waals surface area (Å²) in [6.45, 7) is 4.28. The zero-order valence-electron chi connectivity index (χ0n) is 26.3. The zero-order chi connectivity index (χ0) is 32.7. The number of halogens is 3. The van der Waals surface area contributed by atoms with Crippen molar-refractivity contribution in [3.8, 4) is 35.4 Å². The third-order valence-electron chi connectivity index (χ3n) is 11.2. The van der Waals surface area contributed by atoms with Crippen LogP contribution in [0.25, 0.3) is 32.9 Å². The van der Waals surface area contributed by atoms with Gasteiger partial charge in [-0.2, -0.15) is 9.97 Å². The Morgan fingerprint density at radius 3 is 2.65 bits per heavy atom. The molecule has 0 amide bonds.